The van der Waals surface area contributed by atoms with Crippen molar-refractivity contribution in [3.63, 3.8) is 0 Å². The number of carbonyl (C=O) groups excluding carboxylic acids is 3. The molecule has 0 bridgehead atoms. The summed E-state index contributed by atoms with van der Waals surface area (Å²) < 4.78 is 48.8. The monoisotopic (exact) mass is 813 g/mol. The molecule has 2 aromatic heterocycles. The molecule has 0 spiro atoms. The van der Waals surface area contributed by atoms with Crippen molar-refractivity contribution >= 4 is 57.4 Å². The summed E-state index contributed by atoms with van der Waals surface area (Å²) in [6.07, 6.45) is -3.17. The smallest absolute Gasteiger partial charge is 0.419 e. The maximum Gasteiger partial charge on any atom is 0.419 e. The first-order valence-corrected chi connectivity index (χ1v) is 18.0. The highest BCUT2D eigenvalue weighted by atomic mass is 35.5. The number of rotatable bonds is 9. The van der Waals surface area contributed by atoms with Gasteiger partial charge in [-0.2, -0.15) is 18.4 Å². The molecular weight excluding hydrogens is 775 g/mol. The zero-order valence-corrected chi connectivity index (χ0v) is 32.6. The number of pyridine rings is 1. The first kappa shape index (κ1) is 44.0. The fourth-order valence-corrected chi connectivity index (χ4v) is 5.55. The minimum Gasteiger partial charge on any atom is -0.488 e. The summed E-state index contributed by atoms with van der Waals surface area (Å²) in [5.74, 6) is -0.312. The number of anilines is 3. The second kappa shape index (κ2) is 20.4. The number of aromatic nitrogens is 3. The number of amides is 3. The lowest BCUT2D eigenvalue weighted by molar-refractivity contribution is -0.139. The zero-order valence-electron chi connectivity index (χ0n) is 31.8. The highest BCUT2D eigenvalue weighted by Crippen LogP contribution is 2.39. The van der Waals surface area contributed by atoms with Gasteiger partial charge < -0.3 is 30.4 Å². The van der Waals surface area contributed by atoms with Gasteiger partial charge in [0.25, 0.3) is 0 Å². The van der Waals surface area contributed by atoms with Crippen LogP contribution in [0.25, 0.3) is 22.3 Å². The van der Waals surface area contributed by atoms with E-state index in [0.29, 0.717) is 33.9 Å². The van der Waals surface area contributed by atoms with E-state index in [1.165, 1.54) is 39.2 Å². The molecule has 3 amide bonds. The predicted molar refractivity (Wildman–Crippen MR) is 216 cm³/mol. The van der Waals surface area contributed by atoms with E-state index in [2.05, 4.69) is 25.9 Å². The number of aryl methyl sites for hydroxylation is 1. The molecule has 0 saturated heterocycles. The quantitative estimate of drug-likeness (QED) is 0.105. The lowest BCUT2D eigenvalue weighted by Gasteiger charge is -2.16. The van der Waals surface area contributed by atoms with Crippen LogP contribution in [0.1, 0.15) is 48.7 Å². The first-order chi connectivity index (χ1) is 27.6. The lowest BCUT2D eigenvalue weighted by Crippen LogP contribution is -2.10. The number of nitrogens with one attached hydrogen (secondary N) is 3. The average molecular weight is 814 g/mol. The van der Waals surface area contributed by atoms with Crippen LogP contribution in [0.2, 0.25) is 0 Å². The molecular formula is C42H39ClF3N7O5. The zero-order chi connectivity index (χ0) is 42.4. The van der Waals surface area contributed by atoms with Gasteiger partial charge in [0.15, 0.2) is 5.69 Å². The predicted octanol–water partition coefficient (Wildman–Crippen LogP) is 8.58. The molecule has 6 rings (SSSR count). The van der Waals surface area contributed by atoms with Crippen LogP contribution in [0.5, 0.6) is 5.75 Å². The highest BCUT2D eigenvalue weighted by molar-refractivity contribution is 6.17. The van der Waals surface area contributed by atoms with E-state index in [1.54, 1.807) is 66.2 Å². The standard InChI is InChI=1S/C24H18F3N5O2.C9H10ClNO.C9H11NO2/c1-14(33)30-17-5-3-4-15(8-17)12-34-22-7-6-16(9-18(22)24(25,26)27)19-10-21-23(20(11-28)31-19)29-13-32(21)2;1-7(12)11-9-4-2-3-8(5-9)6-10;1-7(12)10-9-4-2-3-8(5-9)6-11/h3-10,13H,12H2,1-2H3,(H,30,33);2-5H,6H2,1H3,(H,11,12);2-5,11H,6H2,1H3,(H,10,12). The number of nitriles is 1. The SMILES string of the molecule is CC(=O)Nc1cccc(CCl)c1.CC(=O)Nc1cccc(CO)c1.CC(=O)Nc1cccc(COc2ccc(-c3cc4c(ncn4C)c(C#N)n3)cc2C(F)(F)F)c1. The number of carbonyl (C=O) groups is 3. The Bertz CT molecular complexity index is 2390. The maximum absolute atomic E-state index is 13.9. The van der Waals surface area contributed by atoms with Crippen LogP contribution in [0.4, 0.5) is 30.2 Å². The topological polar surface area (TPSA) is 171 Å². The molecule has 4 aromatic carbocycles. The van der Waals surface area contributed by atoms with E-state index < -0.39 is 11.7 Å². The summed E-state index contributed by atoms with van der Waals surface area (Å²) in [5.41, 5.74) is 4.84. The Morgan fingerprint density at radius 2 is 1.34 bits per heavy atom. The van der Waals surface area contributed by atoms with E-state index in [-0.39, 0.29) is 53.6 Å². The second-order valence-electron chi connectivity index (χ2n) is 12.6. The molecule has 2 heterocycles. The average Bonchev–Trinajstić information content (AvgIpc) is 3.56. The van der Waals surface area contributed by atoms with Gasteiger partial charge in [-0.3, -0.25) is 14.4 Å². The number of fused-ring (bicyclic) bond motifs is 1. The molecule has 0 radical (unpaired) electrons. The number of aliphatic hydroxyl groups excluding tert-OH is 1. The largest absolute Gasteiger partial charge is 0.488 e. The fourth-order valence-electron chi connectivity index (χ4n) is 5.38. The Morgan fingerprint density at radius 3 is 1.86 bits per heavy atom. The van der Waals surface area contributed by atoms with Crippen molar-refractivity contribution in [1.29, 1.82) is 5.26 Å². The summed E-state index contributed by atoms with van der Waals surface area (Å²) in [5, 5.41) is 26.1. The minimum absolute atomic E-state index is 0.00652. The lowest BCUT2D eigenvalue weighted by atomic mass is 10.0. The van der Waals surface area contributed by atoms with Gasteiger partial charge in [0.2, 0.25) is 17.7 Å². The van der Waals surface area contributed by atoms with Crippen molar-refractivity contribution in [1.82, 2.24) is 14.5 Å². The van der Waals surface area contributed by atoms with Crippen molar-refractivity contribution in [3.8, 4) is 23.1 Å². The van der Waals surface area contributed by atoms with Crippen LogP contribution < -0.4 is 20.7 Å². The van der Waals surface area contributed by atoms with Crippen LogP contribution in [-0.4, -0.2) is 37.4 Å². The Labute approximate surface area is 337 Å². The number of imidazole rings is 1. The summed E-state index contributed by atoms with van der Waals surface area (Å²) >= 11 is 5.62. The molecule has 0 fully saturated rings. The van der Waals surface area contributed by atoms with Crippen LogP contribution in [-0.2, 0) is 46.7 Å². The van der Waals surface area contributed by atoms with Gasteiger partial charge in [-0.1, -0.05) is 36.4 Å². The number of alkyl halides is 4. The van der Waals surface area contributed by atoms with Gasteiger partial charge in [0, 0.05) is 56.3 Å². The van der Waals surface area contributed by atoms with Crippen molar-refractivity contribution in [2.75, 3.05) is 16.0 Å². The normalized spacial score (nSPS) is 10.6. The molecule has 0 unspecified atom stereocenters. The molecule has 300 valence electrons. The molecule has 0 aliphatic rings. The molecule has 0 saturated carbocycles. The Balaban J connectivity index is 0.000000252. The molecule has 6 aromatic rings. The van der Waals surface area contributed by atoms with E-state index in [4.69, 9.17) is 21.4 Å². The van der Waals surface area contributed by atoms with Gasteiger partial charge in [-0.15, -0.1) is 11.6 Å². The molecule has 4 N–H and O–H groups in total. The molecule has 16 heteroatoms. The van der Waals surface area contributed by atoms with Gasteiger partial charge >= 0.3 is 6.18 Å². The third-order valence-corrected chi connectivity index (χ3v) is 8.18. The molecule has 58 heavy (non-hydrogen) atoms. The number of hydrogen-bond donors (Lipinski definition) is 4. The summed E-state index contributed by atoms with van der Waals surface area (Å²) in [6.45, 7) is 4.15. The highest BCUT2D eigenvalue weighted by Gasteiger charge is 2.35. The fraction of sp³-hybridized carbons (Fsp3) is 0.190. The Morgan fingerprint density at radius 1 is 0.810 bits per heavy atom. The third-order valence-electron chi connectivity index (χ3n) is 7.87. The molecule has 0 atom stereocenters. The number of nitrogens with zero attached hydrogens (tertiary/aromatic N) is 4. The van der Waals surface area contributed by atoms with Crippen LogP contribution >= 0.6 is 11.6 Å². The summed E-state index contributed by atoms with van der Waals surface area (Å²) in [6, 6.07) is 28.4. The Kier molecular flexibility index (Phi) is 15.5. The van der Waals surface area contributed by atoms with Crippen molar-refractivity contribution in [2.24, 2.45) is 7.05 Å². The van der Waals surface area contributed by atoms with Gasteiger partial charge in [-0.25, -0.2) is 9.97 Å². The Hall–Kier alpha value is -6.76. The number of aliphatic hydroxyl groups is 1. The van der Waals surface area contributed by atoms with Gasteiger partial charge in [-0.05, 0) is 77.4 Å². The second-order valence-corrected chi connectivity index (χ2v) is 12.9. The van der Waals surface area contributed by atoms with Gasteiger partial charge in [0.05, 0.1) is 29.7 Å². The van der Waals surface area contributed by atoms with E-state index in [1.807, 2.05) is 30.3 Å². The minimum atomic E-state index is -4.68. The maximum atomic E-state index is 13.9. The van der Waals surface area contributed by atoms with Crippen LogP contribution in [0.3, 0.4) is 0 Å². The van der Waals surface area contributed by atoms with Crippen LogP contribution in [0.15, 0.2) is 103 Å². The van der Waals surface area contributed by atoms with Crippen LogP contribution in [0, 0.1) is 11.3 Å². The van der Waals surface area contributed by atoms with Crippen molar-refractivity contribution < 1.29 is 37.4 Å². The van der Waals surface area contributed by atoms with E-state index in [9.17, 15) is 32.8 Å². The molecule has 0 aliphatic carbocycles. The van der Waals surface area contributed by atoms with E-state index in [0.717, 1.165) is 22.9 Å². The number of benzene rings is 4. The number of halogens is 4. The first-order valence-electron chi connectivity index (χ1n) is 17.4. The van der Waals surface area contributed by atoms with Crippen molar-refractivity contribution in [2.45, 2.75) is 46.0 Å². The summed E-state index contributed by atoms with van der Waals surface area (Å²) in [7, 11) is 1.72. The summed E-state index contributed by atoms with van der Waals surface area (Å²) in [4.78, 5) is 40.9. The third kappa shape index (κ3) is 12.9. The number of ether oxygens (including phenoxy) is 1. The molecule has 0 aliphatic heterocycles. The molecule has 12 nitrogen and oxygen atoms in total. The van der Waals surface area contributed by atoms with E-state index >= 15 is 0 Å². The number of hydrogen-bond acceptors (Lipinski definition) is 8. The van der Waals surface area contributed by atoms with Gasteiger partial charge in [0.1, 0.15) is 23.9 Å². The van der Waals surface area contributed by atoms with Crippen molar-refractivity contribution in [3.05, 3.63) is 131 Å².